The summed E-state index contributed by atoms with van der Waals surface area (Å²) < 4.78 is 4.14. The van der Waals surface area contributed by atoms with Crippen molar-refractivity contribution in [3.8, 4) is 0 Å². The molecule has 0 aromatic heterocycles. The predicted molar refractivity (Wildman–Crippen MR) is 59.5 cm³/mol. The van der Waals surface area contributed by atoms with Gasteiger partial charge in [0.15, 0.2) is 5.78 Å². The second-order valence-electron chi connectivity index (χ2n) is 2.97. The molecule has 4 nitrogen and oxygen atoms in total. The summed E-state index contributed by atoms with van der Waals surface area (Å²) in [4.78, 5) is 22.3. The van der Waals surface area contributed by atoms with Crippen molar-refractivity contribution in [1.29, 1.82) is 0 Å². The molecular formula is C10H11NO3S. The normalized spacial score (nSPS) is 9.67. The van der Waals surface area contributed by atoms with E-state index in [-0.39, 0.29) is 18.6 Å². The van der Waals surface area contributed by atoms with Crippen molar-refractivity contribution in [2.75, 3.05) is 5.73 Å². The van der Waals surface area contributed by atoms with Crippen molar-refractivity contribution in [2.45, 2.75) is 12.8 Å². The van der Waals surface area contributed by atoms with Gasteiger partial charge < -0.3 is 9.92 Å². The number of ketones is 1. The average Bonchev–Trinajstić information content (AvgIpc) is 2.26. The average molecular weight is 225 g/mol. The summed E-state index contributed by atoms with van der Waals surface area (Å²) in [6.45, 7) is 0. The lowest BCUT2D eigenvalue weighted by atomic mass is 10.1. The van der Waals surface area contributed by atoms with Gasteiger partial charge in [-0.1, -0.05) is 12.1 Å². The number of carbonyl (C=O) groups is 2. The van der Waals surface area contributed by atoms with Crippen LogP contribution in [-0.4, -0.2) is 11.8 Å². The number of rotatable bonds is 4. The number of Topliss-reactive ketones (excluding diaryl/α,β-unsaturated/α-hetero) is 1. The van der Waals surface area contributed by atoms with Gasteiger partial charge in [-0.15, -0.1) is 0 Å². The van der Waals surface area contributed by atoms with Crippen molar-refractivity contribution in [1.82, 2.24) is 0 Å². The van der Waals surface area contributed by atoms with E-state index in [4.69, 9.17) is 5.73 Å². The Kier molecular flexibility index (Phi) is 4.17. The summed E-state index contributed by atoms with van der Waals surface area (Å²) in [7, 11) is 0. The summed E-state index contributed by atoms with van der Waals surface area (Å²) in [5.41, 5.74) is 6.46. The third-order valence-electron chi connectivity index (χ3n) is 1.92. The molecule has 0 amide bonds. The topological polar surface area (TPSA) is 69.4 Å². The molecule has 80 valence electrons. The Morgan fingerprint density at radius 2 is 1.93 bits per heavy atom. The van der Waals surface area contributed by atoms with E-state index in [1.807, 2.05) is 0 Å². The van der Waals surface area contributed by atoms with E-state index in [0.717, 1.165) is 0 Å². The number of thiol groups is 1. The first-order valence-corrected chi connectivity index (χ1v) is 4.73. The van der Waals surface area contributed by atoms with Gasteiger partial charge in [0.1, 0.15) is 0 Å². The van der Waals surface area contributed by atoms with Crippen molar-refractivity contribution in [3.05, 3.63) is 29.8 Å². The summed E-state index contributed by atoms with van der Waals surface area (Å²) in [6, 6.07) is 6.74. The van der Waals surface area contributed by atoms with Gasteiger partial charge >= 0.3 is 5.97 Å². The fourth-order valence-corrected chi connectivity index (χ4v) is 1.24. The Morgan fingerprint density at radius 3 is 2.53 bits per heavy atom. The Morgan fingerprint density at radius 1 is 1.27 bits per heavy atom. The number of nitrogens with two attached hydrogens (primary N) is 1. The molecule has 0 aliphatic heterocycles. The molecule has 0 aliphatic rings. The standard InChI is InChI=1S/C10H11NO3S/c11-8-4-2-1-3-7(8)9(12)5-6-10(13)14-15/h1-4,15H,5-6,11H2. The van der Waals surface area contributed by atoms with Crippen LogP contribution in [0.5, 0.6) is 0 Å². The fraction of sp³-hybridized carbons (Fsp3) is 0.200. The summed E-state index contributed by atoms with van der Waals surface area (Å²) >= 11 is 3.34. The number of carbonyl (C=O) groups excluding carboxylic acids is 2. The zero-order chi connectivity index (χ0) is 11.3. The minimum Gasteiger partial charge on any atom is -0.398 e. The lowest BCUT2D eigenvalue weighted by molar-refractivity contribution is -0.132. The van der Waals surface area contributed by atoms with Crippen LogP contribution in [0.25, 0.3) is 0 Å². The van der Waals surface area contributed by atoms with Crippen molar-refractivity contribution >= 4 is 30.3 Å². The molecule has 0 fully saturated rings. The van der Waals surface area contributed by atoms with E-state index < -0.39 is 5.97 Å². The third kappa shape index (κ3) is 3.28. The smallest absolute Gasteiger partial charge is 0.318 e. The van der Waals surface area contributed by atoms with Crippen LogP contribution in [0.15, 0.2) is 24.3 Å². The lowest BCUT2D eigenvalue weighted by Gasteiger charge is -2.03. The molecule has 0 bridgehead atoms. The number of hydrogen-bond donors (Lipinski definition) is 2. The number of para-hydroxylation sites is 1. The quantitative estimate of drug-likeness (QED) is 0.353. The maximum atomic E-state index is 11.6. The second kappa shape index (κ2) is 5.41. The zero-order valence-electron chi connectivity index (χ0n) is 7.97. The van der Waals surface area contributed by atoms with Crippen LogP contribution in [0.2, 0.25) is 0 Å². The van der Waals surface area contributed by atoms with Crippen LogP contribution in [0.3, 0.4) is 0 Å². The lowest BCUT2D eigenvalue weighted by Crippen LogP contribution is -2.06. The van der Waals surface area contributed by atoms with Gasteiger partial charge in [0.05, 0.1) is 6.42 Å². The van der Waals surface area contributed by atoms with Crippen LogP contribution in [0, 0.1) is 0 Å². The number of hydrogen-bond acceptors (Lipinski definition) is 5. The van der Waals surface area contributed by atoms with Crippen LogP contribution < -0.4 is 5.73 Å². The molecule has 0 saturated heterocycles. The second-order valence-corrected chi connectivity index (χ2v) is 3.16. The van der Waals surface area contributed by atoms with Gasteiger partial charge in [-0.2, -0.15) is 0 Å². The van der Waals surface area contributed by atoms with Gasteiger partial charge in [0.25, 0.3) is 0 Å². The van der Waals surface area contributed by atoms with E-state index in [2.05, 4.69) is 17.1 Å². The SMILES string of the molecule is Nc1ccccc1C(=O)CCC(=O)OS. The first-order valence-electron chi connectivity index (χ1n) is 4.37. The molecule has 1 aromatic rings. The molecule has 2 N–H and O–H groups in total. The molecule has 0 heterocycles. The fourth-order valence-electron chi connectivity index (χ4n) is 1.15. The molecule has 0 unspecified atom stereocenters. The maximum Gasteiger partial charge on any atom is 0.318 e. The highest BCUT2D eigenvalue weighted by Crippen LogP contribution is 2.14. The van der Waals surface area contributed by atoms with Gasteiger partial charge in [-0.3, -0.25) is 9.59 Å². The number of benzene rings is 1. The Hall–Kier alpha value is -1.49. The molecular weight excluding hydrogens is 214 g/mol. The first-order chi connectivity index (χ1) is 7.15. The van der Waals surface area contributed by atoms with Gasteiger partial charge in [0, 0.05) is 30.6 Å². The molecule has 1 aromatic carbocycles. The minimum absolute atomic E-state index is 0.0106. The zero-order valence-corrected chi connectivity index (χ0v) is 8.87. The van der Waals surface area contributed by atoms with Crippen LogP contribution >= 0.6 is 12.9 Å². The van der Waals surface area contributed by atoms with E-state index in [1.165, 1.54) is 0 Å². The molecule has 0 radical (unpaired) electrons. The predicted octanol–water partition coefficient (Wildman–Crippen LogP) is 1.62. The highest BCUT2D eigenvalue weighted by Gasteiger charge is 2.11. The summed E-state index contributed by atoms with van der Waals surface area (Å²) in [5, 5.41) is 0. The molecule has 0 aliphatic carbocycles. The highest BCUT2D eigenvalue weighted by molar-refractivity contribution is 7.75. The molecule has 5 heteroatoms. The van der Waals surface area contributed by atoms with Crippen molar-refractivity contribution in [2.24, 2.45) is 0 Å². The summed E-state index contributed by atoms with van der Waals surface area (Å²) in [5.74, 6) is -0.701. The van der Waals surface area contributed by atoms with E-state index in [1.54, 1.807) is 24.3 Å². The number of nitrogen functional groups attached to an aromatic ring is 1. The summed E-state index contributed by atoms with van der Waals surface area (Å²) in [6.07, 6.45) is 0.0876. The molecule has 1 rings (SSSR count). The highest BCUT2D eigenvalue weighted by atomic mass is 32.1. The third-order valence-corrected chi connectivity index (χ3v) is 2.12. The van der Waals surface area contributed by atoms with E-state index >= 15 is 0 Å². The van der Waals surface area contributed by atoms with Crippen LogP contribution in [-0.2, 0) is 8.98 Å². The van der Waals surface area contributed by atoms with Gasteiger partial charge in [-0.25, -0.2) is 0 Å². The first kappa shape index (κ1) is 11.6. The monoisotopic (exact) mass is 225 g/mol. The Balaban J connectivity index is 2.62. The van der Waals surface area contributed by atoms with Gasteiger partial charge in [0.2, 0.25) is 0 Å². The molecule has 0 saturated carbocycles. The molecule has 15 heavy (non-hydrogen) atoms. The van der Waals surface area contributed by atoms with E-state index in [9.17, 15) is 9.59 Å². The minimum atomic E-state index is -0.527. The maximum absolute atomic E-state index is 11.6. The Labute approximate surface area is 93.0 Å². The van der Waals surface area contributed by atoms with Crippen molar-refractivity contribution in [3.63, 3.8) is 0 Å². The molecule has 0 atom stereocenters. The van der Waals surface area contributed by atoms with Crippen LogP contribution in [0.4, 0.5) is 5.69 Å². The van der Waals surface area contributed by atoms with Gasteiger partial charge in [-0.05, 0) is 12.1 Å². The largest absolute Gasteiger partial charge is 0.398 e. The number of anilines is 1. The van der Waals surface area contributed by atoms with E-state index in [0.29, 0.717) is 11.3 Å². The Bertz CT molecular complexity index is 379. The molecule has 0 spiro atoms. The van der Waals surface area contributed by atoms with Crippen LogP contribution in [0.1, 0.15) is 23.2 Å². The van der Waals surface area contributed by atoms with Crippen molar-refractivity contribution < 1.29 is 13.8 Å².